The van der Waals surface area contributed by atoms with Crippen LogP contribution in [0.15, 0.2) is 22.1 Å². The van der Waals surface area contributed by atoms with Gasteiger partial charge in [-0.1, -0.05) is 0 Å². The molecule has 0 saturated heterocycles. The highest BCUT2D eigenvalue weighted by molar-refractivity contribution is 7.80. The van der Waals surface area contributed by atoms with Crippen molar-refractivity contribution in [2.75, 3.05) is 0 Å². The maximum Gasteiger partial charge on any atom is 0.342 e. The minimum Gasteiger partial charge on any atom is -0.477 e. The van der Waals surface area contributed by atoms with Crippen molar-refractivity contribution in [2.24, 2.45) is 0 Å². The van der Waals surface area contributed by atoms with Crippen LogP contribution < -0.4 is 5.43 Å². The van der Waals surface area contributed by atoms with Crippen molar-refractivity contribution >= 4 is 18.6 Å². The lowest BCUT2D eigenvalue weighted by Gasteiger charge is -1.95. The van der Waals surface area contributed by atoms with E-state index in [4.69, 9.17) is 5.11 Å². The molecular weight excluding hydrogens is 166 g/mol. The minimum absolute atomic E-state index is 0.0741. The fourth-order valence-corrected chi connectivity index (χ4v) is 0.956. The molecule has 4 nitrogen and oxygen atoms in total. The molecule has 0 unspecified atom stereocenters. The van der Waals surface area contributed by atoms with Crippen LogP contribution in [0.4, 0.5) is 0 Å². The van der Waals surface area contributed by atoms with Crippen LogP contribution in [0.3, 0.4) is 0 Å². The molecule has 0 aliphatic rings. The van der Waals surface area contributed by atoms with Crippen molar-refractivity contribution in [3.63, 3.8) is 0 Å². The monoisotopic (exact) mass is 171 g/mol. The number of carboxylic acid groups (broad SMARTS) is 1. The predicted octanol–water partition coefficient (Wildman–Crippen LogP) is 0.362. The summed E-state index contributed by atoms with van der Waals surface area (Å²) in [4.78, 5) is 23.7. The average molecular weight is 171 g/mol. The van der Waals surface area contributed by atoms with Crippen molar-refractivity contribution in [1.29, 1.82) is 0 Å². The zero-order chi connectivity index (χ0) is 8.43. The Morgan fingerprint density at radius 3 is 2.64 bits per heavy atom. The summed E-state index contributed by atoms with van der Waals surface area (Å²) in [6.07, 6.45) is 1.34. The third-order valence-electron chi connectivity index (χ3n) is 1.15. The van der Waals surface area contributed by atoms with Crippen molar-refractivity contribution < 1.29 is 9.90 Å². The smallest absolute Gasteiger partial charge is 0.342 e. The second-order valence-electron chi connectivity index (χ2n) is 1.87. The number of carbonyl (C=O) groups is 1. The van der Waals surface area contributed by atoms with Gasteiger partial charge in [0.2, 0.25) is 0 Å². The molecule has 1 heterocycles. The third-order valence-corrected chi connectivity index (χ3v) is 1.50. The number of pyridine rings is 1. The SMILES string of the molecule is O=C(O)c1c(S)[nH]ccc1=O. The van der Waals surface area contributed by atoms with Gasteiger partial charge in [-0.05, 0) is 0 Å². The van der Waals surface area contributed by atoms with E-state index in [9.17, 15) is 9.59 Å². The van der Waals surface area contributed by atoms with Gasteiger partial charge >= 0.3 is 5.97 Å². The first-order valence-electron chi connectivity index (χ1n) is 2.77. The molecule has 0 amide bonds. The molecule has 0 radical (unpaired) electrons. The lowest BCUT2D eigenvalue weighted by atomic mass is 10.3. The van der Waals surface area contributed by atoms with Crippen LogP contribution in [0.25, 0.3) is 0 Å². The van der Waals surface area contributed by atoms with E-state index in [1.807, 2.05) is 0 Å². The summed E-state index contributed by atoms with van der Waals surface area (Å²) >= 11 is 3.77. The van der Waals surface area contributed by atoms with Gasteiger partial charge in [0.15, 0.2) is 5.43 Å². The van der Waals surface area contributed by atoms with Gasteiger partial charge in [0, 0.05) is 12.3 Å². The summed E-state index contributed by atoms with van der Waals surface area (Å²) in [6, 6.07) is 1.14. The quantitative estimate of drug-likeness (QED) is 0.534. The van der Waals surface area contributed by atoms with Crippen molar-refractivity contribution in [3.8, 4) is 0 Å². The summed E-state index contributed by atoms with van der Waals surface area (Å²) in [5.41, 5.74) is -0.864. The summed E-state index contributed by atoms with van der Waals surface area (Å²) in [5.74, 6) is -1.27. The number of hydrogen-bond donors (Lipinski definition) is 3. The highest BCUT2D eigenvalue weighted by Crippen LogP contribution is 2.03. The van der Waals surface area contributed by atoms with Gasteiger partial charge in [-0.25, -0.2) is 4.79 Å². The molecule has 0 spiro atoms. The van der Waals surface area contributed by atoms with E-state index in [1.165, 1.54) is 6.20 Å². The second-order valence-corrected chi connectivity index (χ2v) is 2.32. The molecule has 0 fully saturated rings. The minimum atomic E-state index is -1.27. The Kier molecular flexibility index (Phi) is 2.00. The Hall–Kier alpha value is -1.23. The molecule has 1 rings (SSSR count). The molecular formula is C6H5NO3S. The molecule has 2 N–H and O–H groups in total. The predicted molar refractivity (Wildman–Crippen MR) is 41.3 cm³/mol. The average Bonchev–Trinajstić information content (AvgIpc) is 1.85. The number of rotatable bonds is 1. The lowest BCUT2D eigenvalue weighted by Crippen LogP contribution is -2.14. The van der Waals surface area contributed by atoms with Crippen molar-refractivity contribution in [2.45, 2.75) is 5.03 Å². The Bertz CT molecular complexity index is 344. The molecule has 1 aromatic rings. The summed E-state index contributed by atoms with van der Waals surface area (Å²) in [7, 11) is 0. The molecule has 0 atom stereocenters. The molecule has 0 aliphatic carbocycles. The number of aromatic amines is 1. The molecule has 11 heavy (non-hydrogen) atoms. The first-order valence-corrected chi connectivity index (χ1v) is 3.21. The van der Waals surface area contributed by atoms with Gasteiger partial charge in [0.1, 0.15) is 5.56 Å². The highest BCUT2D eigenvalue weighted by Gasteiger charge is 2.10. The lowest BCUT2D eigenvalue weighted by molar-refractivity contribution is 0.0691. The van der Waals surface area contributed by atoms with Crippen LogP contribution in [0.1, 0.15) is 10.4 Å². The maximum atomic E-state index is 10.8. The van der Waals surface area contributed by atoms with Crippen LogP contribution >= 0.6 is 12.6 Å². The van der Waals surface area contributed by atoms with Gasteiger partial charge in [-0.2, -0.15) is 0 Å². The summed E-state index contributed by atoms with van der Waals surface area (Å²) < 4.78 is 0. The molecule has 0 bridgehead atoms. The topological polar surface area (TPSA) is 70.2 Å². The van der Waals surface area contributed by atoms with Crippen LogP contribution in [-0.4, -0.2) is 16.1 Å². The van der Waals surface area contributed by atoms with Crippen LogP contribution in [0.5, 0.6) is 0 Å². The van der Waals surface area contributed by atoms with E-state index in [1.54, 1.807) is 0 Å². The highest BCUT2D eigenvalue weighted by atomic mass is 32.1. The Balaban J connectivity index is 3.45. The van der Waals surface area contributed by atoms with Gasteiger partial charge in [-0.15, -0.1) is 12.6 Å². The zero-order valence-corrected chi connectivity index (χ0v) is 6.26. The first-order chi connectivity index (χ1) is 5.13. The van der Waals surface area contributed by atoms with Gasteiger partial charge in [0.25, 0.3) is 0 Å². The molecule has 5 heteroatoms. The van der Waals surface area contributed by atoms with Gasteiger partial charge in [-0.3, -0.25) is 4.79 Å². The van der Waals surface area contributed by atoms with E-state index < -0.39 is 11.4 Å². The first kappa shape index (κ1) is 7.87. The van der Waals surface area contributed by atoms with E-state index in [0.29, 0.717) is 0 Å². The van der Waals surface area contributed by atoms with E-state index in [-0.39, 0.29) is 10.6 Å². The maximum absolute atomic E-state index is 10.8. The van der Waals surface area contributed by atoms with Crippen LogP contribution in [-0.2, 0) is 0 Å². The molecule has 0 saturated carbocycles. The number of H-pyrrole nitrogens is 1. The number of hydrogen-bond acceptors (Lipinski definition) is 3. The number of aromatic nitrogens is 1. The van der Waals surface area contributed by atoms with E-state index in [2.05, 4.69) is 17.6 Å². The zero-order valence-electron chi connectivity index (χ0n) is 5.37. The Morgan fingerprint density at radius 2 is 2.27 bits per heavy atom. The standard InChI is InChI=1S/C6H5NO3S/c8-3-1-2-7-5(11)4(3)6(9)10/h1-2H,(H,9,10)(H2,7,8,11). The van der Waals surface area contributed by atoms with Crippen molar-refractivity contribution in [1.82, 2.24) is 4.98 Å². The van der Waals surface area contributed by atoms with Crippen molar-refractivity contribution in [3.05, 3.63) is 28.0 Å². The Morgan fingerprint density at radius 1 is 1.64 bits per heavy atom. The number of nitrogens with one attached hydrogen (secondary N) is 1. The number of aromatic carboxylic acids is 1. The molecule has 0 aliphatic heterocycles. The third kappa shape index (κ3) is 1.43. The summed E-state index contributed by atoms with van der Waals surface area (Å²) in [5, 5.41) is 8.55. The number of carboxylic acids is 1. The number of thiol groups is 1. The second kappa shape index (κ2) is 2.79. The molecule has 0 aromatic carbocycles. The molecule has 58 valence electrons. The molecule has 1 aromatic heterocycles. The fraction of sp³-hybridized carbons (Fsp3) is 0. The largest absolute Gasteiger partial charge is 0.477 e. The van der Waals surface area contributed by atoms with E-state index in [0.717, 1.165) is 6.07 Å². The van der Waals surface area contributed by atoms with Gasteiger partial charge in [0.05, 0.1) is 5.03 Å². The normalized spacial score (nSPS) is 9.55. The van der Waals surface area contributed by atoms with E-state index >= 15 is 0 Å². The fourth-order valence-electron chi connectivity index (χ4n) is 0.675. The Labute approximate surface area is 67.3 Å². The van der Waals surface area contributed by atoms with Crippen LogP contribution in [0, 0.1) is 0 Å². The van der Waals surface area contributed by atoms with Gasteiger partial charge < -0.3 is 10.1 Å². The summed E-state index contributed by atoms with van der Waals surface area (Å²) in [6.45, 7) is 0. The van der Waals surface area contributed by atoms with Crippen LogP contribution in [0.2, 0.25) is 0 Å².